The zero-order chi connectivity index (χ0) is 10.4. The van der Waals surface area contributed by atoms with Gasteiger partial charge in [-0.2, -0.15) is 4.37 Å². The average Bonchev–Trinajstić information content (AvgIpc) is 2.68. The molecule has 5 heteroatoms. The van der Waals surface area contributed by atoms with Crippen molar-refractivity contribution in [2.45, 2.75) is 0 Å². The quantitative estimate of drug-likeness (QED) is 0.573. The van der Waals surface area contributed by atoms with Crippen molar-refractivity contribution in [3.8, 4) is 0 Å². The van der Waals surface area contributed by atoms with Crippen LogP contribution in [0.4, 0.5) is 0 Å². The lowest BCUT2D eigenvalue weighted by molar-refractivity contribution is -0.132. The smallest absolute Gasteiger partial charge is 0.284 e. The molecule has 0 aliphatic carbocycles. The average molecular weight is 216 g/mol. The van der Waals surface area contributed by atoms with Crippen LogP contribution in [0.2, 0.25) is 0 Å². The summed E-state index contributed by atoms with van der Waals surface area (Å²) in [5.74, 6) is -1.27. The van der Waals surface area contributed by atoms with Crippen molar-refractivity contribution in [3.63, 3.8) is 0 Å². The van der Waals surface area contributed by atoms with Gasteiger partial charge in [-0.05, 0) is 17.6 Å². The van der Waals surface area contributed by atoms with Crippen molar-refractivity contribution in [2.75, 3.05) is 0 Å². The molecule has 1 aliphatic heterocycles. The maximum absolute atomic E-state index is 11.2. The van der Waals surface area contributed by atoms with Crippen LogP contribution in [0.1, 0.15) is 0 Å². The molecule has 0 bridgehead atoms. The van der Waals surface area contributed by atoms with Gasteiger partial charge in [-0.25, -0.2) is 4.99 Å². The highest BCUT2D eigenvalue weighted by Crippen LogP contribution is 2.08. The minimum Gasteiger partial charge on any atom is -0.284 e. The van der Waals surface area contributed by atoms with E-state index < -0.39 is 11.7 Å². The zero-order valence-electron chi connectivity index (χ0n) is 7.43. The molecule has 1 amide bonds. The summed E-state index contributed by atoms with van der Waals surface area (Å²) in [6, 6.07) is 3.57. The van der Waals surface area contributed by atoms with Gasteiger partial charge in [0.25, 0.3) is 0 Å². The Morgan fingerprint density at radius 3 is 2.93 bits per heavy atom. The van der Waals surface area contributed by atoms with Crippen LogP contribution in [0.25, 0.3) is 17.0 Å². The standard InChI is InChI=1S/C10H4N2O2S/c13-8-3-5-1-2-7-6(4-15-12-7)9(5)11-10(8)14/h1-4H. The number of carbonyl (C=O) groups excluding carboxylic acids is 2. The number of hydrogen-bond donors (Lipinski definition) is 0. The van der Waals surface area contributed by atoms with E-state index in [9.17, 15) is 9.59 Å². The third-order valence-electron chi connectivity index (χ3n) is 2.26. The summed E-state index contributed by atoms with van der Waals surface area (Å²) in [7, 11) is 0. The van der Waals surface area contributed by atoms with E-state index in [1.807, 2.05) is 11.4 Å². The lowest BCUT2D eigenvalue weighted by atomic mass is 10.1. The Hall–Kier alpha value is -1.88. The Kier molecular flexibility index (Phi) is 1.58. The van der Waals surface area contributed by atoms with Crippen LogP contribution < -0.4 is 10.6 Å². The van der Waals surface area contributed by atoms with Gasteiger partial charge in [0.1, 0.15) is 0 Å². The lowest BCUT2D eigenvalue weighted by Gasteiger charge is -1.97. The van der Waals surface area contributed by atoms with E-state index in [0.717, 1.165) is 10.9 Å². The van der Waals surface area contributed by atoms with Gasteiger partial charge < -0.3 is 0 Å². The normalized spacial score (nSPS) is 14.7. The molecule has 1 aromatic heterocycles. The molecule has 0 fully saturated rings. The van der Waals surface area contributed by atoms with E-state index in [0.29, 0.717) is 10.6 Å². The first-order valence-electron chi connectivity index (χ1n) is 4.27. The number of aromatic nitrogens is 1. The molecule has 4 nitrogen and oxygen atoms in total. The van der Waals surface area contributed by atoms with Gasteiger partial charge in [0.05, 0.1) is 10.9 Å². The number of ketones is 1. The van der Waals surface area contributed by atoms with Crippen LogP contribution in [0.3, 0.4) is 0 Å². The molecular formula is C10H4N2O2S. The summed E-state index contributed by atoms with van der Waals surface area (Å²) in [5, 5.41) is 3.90. The number of nitrogens with zero attached hydrogens (tertiary/aromatic N) is 2. The van der Waals surface area contributed by atoms with Crippen molar-refractivity contribution < 1.29 is 9.59 Å². The number of fused-ring (bicyclic) bond motifs is 3. The zero-order valence-corrected chi connectivity index (χ0v) is 8.25. The molecule has 15 heavy (non-hydrogen) atoms. The van der Waals surface area contributed by atoms with Gasteiger partial charge in [-0.15, -0.1) is 0 Å². The topological polar surface area (TPSA) is 59.4 Å². The second kappa shape index (κ2) is 2.80. The van der Waals surface area contributed by atoms with Gasteiger partial charge in [0.2, 0.25) is 5.78 Å². The first-order valence-corrected chi connectivity index (χ1v) is 5.11. The Balaban J connectivity index is 2.60. The summed E-state index contributed by atoms with van der Waals surface area (Å²) in [6.07, 6.45) is 1.32. The highest BCUT2D eigenvalue weighted by atomic mass is 32.1. The number of carbonyl (C=O) groups is 2. The second-order valence-electron chi connectivity index (χ2n) is 3.18. The minimum atomic E-state index is -0.707. The molecule has 0 atom stereocenters. The Bertz CT molecular complexity index is 715. The molecular weight excluding hydrogens is 212 g/mol. The van der Waals surface area contributed by atoms with Crippen LogP contribution in [0.5, 0.6) is 0 Å². The van der Waals surface area contributed by atoms with Gasteiger partial charge in [-0.3, -0.25) is 9.59 Å². The summed E-state index contributed by atoms with van der Waals surface area (Å²) in [4.78, 5) is 26.1. The van der Waals surface area contributed by atoms with Crippen LogP contribution in [0.15, 0.2) is 22.5 Å². The number of rotatable bonds is 0. The van der Waals surface area contributed by atoms with Crippen molar-refractivity contribution in [1.29, 1.82) is 0 Å². The first-order chi connectivity index (χ1) is 7.25. The minimum absolute atomic E-state index is 0.561. The van der Waals surface area contributed by atoms with Crippen LogP contribution in [-0.2, 0) is 9.59 Å². The SMILES string of the molecule is O=C1C=c2ccc3nscc3c2=NC1=O. The molecule has 3 rings (SSSR count). The predicted octanol–water partition coefficient (Wildman–Crippen LogP) is -0.194. The fraction of sp³-hybridized carbons (Fsp3) is 0. The molecule has 1 aromatic carbocycles. The molecule has 1 aliphatic rings. The van der Waals surface area contributed by atoms with Crippen molar-refractivity contribution in [3.05, 3.63) is 28.1 Å². The molecule has 0 unspecified atom stereocenters. The van der Waals surface area contributed by atoms with E-state index >= 15 is 0 Å². The monoisotopic (exact) mass is 216 g/mol. The Morgan fingerprint density at radius 2 is 2.07 bits per heavy atom. The molecule has 72 valence electrons. The first kappa shape index (κ1) is 8.43. The van der Waals surface area contributed by atoms with E-state index in [-0.39, 0.29) is 0 Å². The molecule has 0 radical (unpaired) electrons. The maximum atomic E-state index is 11.2. The van der Waals surface area contributed by atoms with Crippen molar-refractivity contribution in [1.82, 2.24) is 4.37 Å². The van der Waals surface area contributed by atoms with E-state index in [1.165, 1.54) is 17.6 Å². The molecule has 2 heterocycles. The molecule has 0 spiro atoms. The highest BCUT2D eigenvalue weighted by molar-refractivity contribution is 7.04. The van der Waals surface area contributed by atoms with Crippen LogP contribution >= 0.6 is 11.5 Å². The van der Waals surface area contributed by atoms with E-state index in [4.69, 9.17) is 0 Å². The third-order valence-corrected chi connectivity index (χ3v) is 2.90. The fourth-order valence-electron chi connectivity index (χ4n) is 1.55. The predicted molar refractivity (Wildman–Crippen MR) is 54.9 cm³/mol. The molecule has 2 aromatic rings. The van der Waals surface area contributed by atoms with Crippen LogP contribution in [-0.4, -0.2) is 16.1 Å². The lowest BCUT2D eigenvalue weighted by Crippen LogP contribution is -2.34. The summed E-state index contributed by atoms with van der Waals surface area (Å²) >= 11 is 1.31. The van der Waals surface area contributed by atoms with Gasteiger partial charge >= 0.3 is 5.91 Å². The number of Topliss-reactive ketones (excluding diaryl/α,β-unsaturated/α-hetero) is 1. The fourth-order valence-corrected chi connectivity index (χ4v) is 2.21. The highest BCUT2D eigenvalue weighted by Gasteiger charge is 2.14. The second-order valence-corrected chi connectivity index (χ2v) is 3.81. The van der Waals surface area contributed by atoms with Gasteiger partial charge in [-0.1, -0.05) is 6.07 Å². The van der Waals surface area contributed by atoms with Crippen molar-refractivity contribution >= 4 is 40.2 Å². The summed E-state index contributed by atoms with van der Waals surface area (Å²) < 4.78 is 4.14. The largest absolute Gasteiger partial charge is 0.318 e. The van der Waals surface area contributed by atoms with E-state index in [1.54, 1.807) is 6.07 Å². The third kappa shape index (κ3) is 1.13. The van der Waals surface area contributed by atoms with E-state index in [2.05, 4.69) is 9.37 Å². The number of hydrogen-bond acceptors (Lipinski definition) is 4. The number of benzene rings is 1. The molecule has 0 saturated heterocycles. The summed E-state index contributed by atoms with van der Waals surface area (Å²) in [6.45, 7) is 0. The molecule has 0 saturated carbocycles. The molecule has 0 N–H and O–H groups in total. The maximum Gasteiger partial charge on any atom is 0.318 e. The summed E-state index contributed by atoms with van der Waals surface area (Å²) in [5.41, 5.74) is 0.804. The van der Waals surface area contributed by atoms with Crippen molar-refractivity contribution in [2.24, 2.45) is 4.99 Å². The van der Waals surface area contributed by atoms with Gasteiger partial charge in [0, 0.05) is 22.1 Å². The van der Waals surface area contributed by atoms with Gasteiger partial charge in [0.15, 0.2) is 0 Å². The number of amides is 1. The Morgan fingerprint density at radius 1 is 1.20 bits per heavy atom. The Labute approximate surface area is 87.7 Å². The van der Waals surface area contributed by atoms with Crippen LogP contribution in [0, 0.1) is 0 Å².